The number of anilines is 1. The van der Waals surface area contributed by atoms with Gasteiger partial charge < -0.3 is 15.4 Å². The van der Waals surface area contributed by atoms with E-state index in [0.29, 0.717) is 12.2 Å². The quantitative estimate of drug-likeness (QED) is 0.747. The first-order valence-electron chi connectivity index (χ1n) is 4.84. The molecule has 0 fully saturated rings. The van der Waals surface area contributed by atoms with E-state index < -0.39 is 0 Å². The normalized spacial score (nSPS) is 20.1. The Bertz CT molecular complexity index is 404. The number of benzene rings is 1. The smallest absolute Gasteiger partial charge is 0.228 e. The van der Waals surface area contributed by atoms with Gasteiger partial charge in [0.1, 0.15) is 5.75 Å². The van der Waals surface area contributed by atoms with Gasteiger partial charge in [-0.3, -0.25) is 4.79 Å². The summed E-state index contributed by atoms with van der Waals surface area (Å²) < 4.78 is 5.23. The fourth-order valence-electron chi connectivity index (χ4n) is 1.92. The maximum absolute atomic E-state index is 11.6. The number of nitrogens with zero attached hydrogens (tertiary/aromatic N) is 1. The summed E-state index contributed by atoms with van der Waals surface area (Å²) in [4.78, 5) is 13.2. The molecular weight excluding hydrogens is 192 g/mol. The van der Waals surface area contributed by atoms with Gasteiger partial charge in [0.2, 0.25) is 5.91 Å². The number of ether oxygens (including phenoxy) is 1. The molecule has 0 saturated carbocycles. The average Bonchev–Trinajstić information content (AvgIpc) is 2.25. The molecule has 1 atom stereocenters. The number of para-hydroxylation sites is 1. The van der Waals surface area contributed by atoms with E-state index >= 15 is 0 Å². The van der Waals surface area contributed by atoms with E-state index in [0.717, 1.165) is 11.3 Å². The number of fused-ring (bicyclic) bond motifs is 1. The lowest BCUT2D eigenvalue weighted by Gasteiger charge is -2.30. The molecule has 1 aromatic carbocycles. The molecule has 1 amide bonds. The van der Waals surface area contributed by atoms with Crippen molar-refractivity contribution in [3.8, 4) is 5.75 Å². The van der Waals surface area contributed by atoms with Crippen LogP contribution in [0.15, 0.2) is 18.2 Å². The number of carbonyl (C=O) groups excluding carboxylic acids is 1. The Morgan fingerprint density at radius 1 is 1.53 bits per heavy atom. The van der Waals surface area contributed by atoms with Crippen molar-refractivity contribution in [1.82, 2.24) is 0 Å². The second-order valence-electron chi connectivity index (χ2n) is 3.66. The number of hydrogen-bond donors (Lipinski definition) is 1. The highest BCUT2D eigenvalue weighted by molar-refractivity contribution is 5.98. The molecule has 4 nitrogen and oxygen atoms in total. The van der Waals surface area contributed by atoms with Gasteiger partial charge in [-0.25, -0.2) is 0 Å². The molecule has 80 valence electrons. The summed E-state index contributed by atoms with van der Waals surface area (Å²) in [5.74, 6) is 0.720. The summed E-state index contributed by atoms with van der Waals surface area (Å²) in [5, 5.41) is 0. The molecule has 0 radical (unpaired) electrons. The molecule has 0 bridgehead atoms. The second kappa shape index (κ2) is 3.55. The summed E-state index contributed by atoms with van der Waals surface area (Å²) in [7, 11) is 3.34. The molecule has 4 heteroatoms. The Hall–Kier alpha value is -1.55. The summed E-state index contributed by atoms with van der Waals surface area (Å²) in [6.07, 6.45) is 0.358. The number of hydrogen-bond acceptors (Lipinski definition) is 3. The van der Waals surface area contributed by atoms with Gasteiger partial charge in [-0.15, -0.1) is 0 Å². The fraction of sp³-hybridized carbons (Fsp3) is 0.364. The summed E-state index contributed by atoms with van der Waals surface area (Å²) >= 11 is 0. The van der Waals surface area contributed by atoms with E-state index in [1.807, 2.05) is 18.2 Å². The van der Waals surface area contributed by atoms with Crippen LogP contribution in [0.3, 0.4) is 0 Å². The standard InChI is InChI=1S/C11H14N2O2/c1-13-10(14)6-8(12)7-4-3-5-9(15-2)11(7)13/h3-5,8H,6,12H2,1-2H3. The third-order valence-corrected chi connectivity index (χ3v) is 2.75. The van der Waals surface area contributed by atoms with Crippen molar-refractivity contribution in [3.05, 3.63) is 23.8 Å². The number of carbonyl (C=O) groups is 1. The molecule has 1 unspecified atom stereocenters. The van der Waals surface area contributed by atoms with Gasteiger partial charge in [0, 0.05) is 19.5 Å². The molecule has 0 aromatic heterocycles. The molecule has 1 aromatic rings. The first kappa shape index (κ1) is 9.98. The van der Waals surface area contributed by atoms with E-state index in [4.69, 9.17) is 10.5 Å². The van der Waals surface area contributed by atoms with Crippen LogP contribution >= 0.6 is 0 Å². The molecular formula is C11H14N2O2. The van der Waals surface area contributed by atoms with Crippen LogP contribution in [0.5, 0.6) is 5.75 Å². The van der Waals surface area contributed by atoms with Gasteiger partial charge in [0.15, 0.2) is 0 Å². The van der Waals surface area contributed by atoms with Gasteiger partial charge in [-0.2, -0.15) is 0 Å². The van der Waals surface area contributed by atoms with E-state index in [-0.39, 0.29) is 11.9 Å². The highest BCUT2D eigenvalue weighted by Crippen LogP contribution is 2.39. The predicted molar refractivity (Wildman–Crippen MR) is 57.9 cm³/mol. The lowest BCUT2D eigenvalue weighted by atomic mass is 9.96. The number of nitrogens with two attached hydrogens (primary N) is 1. The minimum absolute atomic E-state index is 0.0273. The van der Waals surface area contributed by atoms with Crippen molar-refractivity contribution >= 4 is 11.6 Å². The summed E-state index contributed by atoms with van der Waals surface area (Å²) in [5.41, 5.74) is 7.68. The highest BCUT2D eigenvalue weighted by Gasteiger charge is 2.29. The highest BCUT2D eigenvalue weighted by atomic mass is 16.5. The maximum atomic E-state index is 11.6. The zero-order valence-electron chi connectivity index (χ0n) is 8.86. The maximum Gasteiger partial charge on any atom is 0.228 e. The molecule has 0 spiro atoms. The van der Waals surface area contributed by atoms with Crippen LogP contribution in [-0.2, 0) is 4.79 Å². The monoisotopic (exact) mass is 206 g/mol. The van der Waals surface area contributed by atoms with Crippen molar-refractivity contribution < 1.29 is 9.53 Å². The minimum Gasteiger partial charge on any atom is -0.495 e. The molecule has 2 rings (SSSR count). The van der Waals surface area contributed by atoms with Crippen molar-refractivity contribution in [2.75, 3.05) is 19.1 Å². The number of methoxy groups -OCH3 is 1. The van der Waals surface area contributed by atoms with Gasteiger partial charge in [0.25, 0.3) is 0 Å². The third kappa shape index (κ3) is 1.47. The van der Waals surface area contributed by atoms with Gasteiger partial charge in [-0.1, -0.05) is 12.1 Å². The molecule has 0 saturated heterocycles. The fourth-order valence-corrected chi connectivity index (χ4v) is 1.92. The molecule has 2 N–H and O–H groups in total. The van der Waals surface area contributed by atoms with Gasteiger partial charge >= 0.3 is 0 Å². The lowest BCUT2D eigenvalue weighted by molar-refractivity contribution is -0.119. The molecule has 1 aliphatic heterocycles. The first-order valence-corrected chi connectivity index (χ1v) is 4.84. The van der Waals surface area contributed by atoms with Crippen LogP contribution in [0.1, 0.15) is 18.0 Å². The van der Waals surface area contributed by atoms with Gasteiger partial charge in [0.05, 0.1) is 12.8 Å². The van der Waals surface area contributed by atoms with Crippen molar-refractivity contribution in [2.45, 2.75) is 12.5 Å². The minimum atomic E-state index is -0.223. The largest absolute Gasteiger partial charge is 0.495 e. The van der Waals surface area contributed by atoms with Crippen molar-refractivity contribution in [3.63, 3.8) is 0 Å². The third-order valence-electron chi connectivity index (χ3n) is 2.75. The van der Waals surface area contributed by atoms with Crippen LogP contribution in [0.2, 0.25) is 0 Å². The second-order valence-corrected chi connectivity index (χ2v) is 3.66. The Kier molecular flexibility index (Phi) is 2.36. The number of rotatable bonds is 1. The molecule has 1 aliphatic rings. The SMILES string of the molecule is COc1cccc2c1N(C)C(=O)CC2N. The Morgan fingerprint density at radius 3 is 2.93 bits per heavy atom. The van der Waals surface area contributed by atoms with E-state index in [1.54, 1.807) is 19.1 Å². The van der Waals surface area contributed by atoms with Crippen LogP contribution in [0.25, 0.3) is 0 Å². The van der Waals surface area contributed by atoms with Crippen LogP contribution < -0.4 is 15.4 Å². The van der Waals surface area contributed by atoms with Gasteiger partial charge in [-0.05, 0) is 11.6 Å². The number of amides is 1. The zero-order valence-corrected chi connectivity index (χ0v) is 8.86. The molecule has 0 aliphatic carbocycles. The molecule has 15 heavy (non-hydrogen) atoms. The predicted octanol–water partition coefficient (Wildman–Crippen LogP) is 1.06. The molecule has 1 heterocycles. The Balaban J connectivity index is 2.60. The van der Waals surface area contributed by atoms with Crippen LogP contribution in [-0.4, -0.2) is 20.1 Å². The van der Waals surface area contributed by atoms with Crippen molar-refractivity contribution in [1.29, 1.82) is 0 Å². The topological polar surface area (TPSA) is 55.6 Å². The van der Waals surface area contributed by atoms with E-state index in [1.165, 1.54) is 0 Å². The first-order chi connectivity index (χ1) is 7.15. The summed E-state index contributed by atoms with van der Waals surface area (Å²) in [6.45, 7) is 0. The van der Waals surface area contributed by atoms with E-state index in [9.17, 15) is 4.79 Å². The lowest BCUT2D eigenvalue weighted by Crippen LogP contribution is -2.36. The van der Waals surface area contributed by atoms with E-state index in [2.05, 4.69) is 0 Å². The summed E-state index contributed by atoms with van der Waals surface area (Å²) in [6, 6.07) is 5.44. The van der Waals surface area contributed by atoms with Crippen LogP contribution in [0, 0.1) is 0 Å². The zero-order chi connectivity index (χ0) is 11.0. The van der Waals surface area contributed by atoms with Crippen molar-refractivity contribution in [2.24, 2.45) is 5.73 Å². The Morgan fingerprint density at radius 2 is 2.27 bits per heavy atom. The van der Waals surface area contributed by atoms with Crippen LogP contribution in [0.4, 0.5) is 5.69 Å². The average molecular weight is 206 g/mol. The Labute approximate surface area is 88.6 Å².